The fraction of sp³-hybridized carbons (Fsp3) is 0.250. The van der Waals surface area contributed by atoms with Gasteiger partial charge in [0.05, 0.1) is 4.47 Å². The molecule has 0 saturated heterocycles. The summed E-state index contributed by atoms with van der Waals surface area (Å²) in [5.74, 6) is 0.290. The Balaban J connectivity index is 1.89. The first kappa shape index (κ1) is 12.5. The van der Waals surface area contributed by atoms with Crippen LogP contribution < -0.4 is 4.90 Å². The number of benzene rings is 2. The van der Waals surface area contributed by atoms with Gasteiger partial charge in [-0.3, -0.25) is 0 Å². The molecule has 19 heavy (non-hydrogen) atoms. The van der Waals surface area contributed by atoms with Crippen LogP contribution in [0.5, 0.6) is 5.75 Å². The standard InChI is InChI=1S/C16H16BrNO/c1-11-8-13-4-2-3-5-15(13)18(11)10-12-6-7-16(19)14(17)9-12/h2-7,9,11,19H,8,10H2,1H3. The van der Waals surface area contributed by atoms with E-state index in [1.807, 2.05) is 12.1 Å². The molecule has 2 aromatic carbocycles. The molecule has 1 aliphatic heterocycles. The van der Waals surface area contributed by atoms with Crippen molar-refractivity contribution in [3.63, 3.8) is 0 Å². The molecule has 0 amide bonds. The van der Waals surface area contributed by atoms with Crippen LogP contribution in [-0.2, 0) is 13.0 Å². The zero-order valence-corrected chi connectivity index (χ0v) is 12.4. The smallest absolute Gasteiger partial charge is 0.129 e. The minimum Gasteiger partial charge on any atom is -0.507 e. The number of phenols is 1. The van der Waals surface area contributed by atoms with Crippen molar-refractivity contribution in [2.24, 2.45) is 0 Å². The van der Waals surface area contributed by atoms with Crippen LogP contribution in [0.25, 0.3) is 0 Å². The molecule has 2 nitrogen and oxygen atoms in total. The maximum Gasteiger partial charge on any atom is 0.129 e. The lowest BCUT2D eigenvalue weighted by molar-refractivity contribution is 0.471. The molecule has 1 atom stereocenters. The van der Waals surface area contributed by atoms with Crippen LogP contribution in [0, 0.1) is 0 Å². The SMILES string of the molecule is CC1Cc2ccccc2N1Cc1ccc(O)c(Br)c1. The van der Waals surface area contributed by atoms with Crippen molar-refractivity contribution in [3.8, 4) is 5.75 Å². The molecular formula is C16H16BrNO. The molecule has 0 fully saturated rings. The Kier molecular flexibility index (Phi) is 3.23. The largest absolute Gasteiger partial charge is 0.507 e. The third kappa shape index (κ3) is 2.35. The molecule has 0 saturated carbocycles. The van der Waals surface area contributed by atoms with E-state index in [-0.39, 0.29) is 0 Å². The Morgan fingerprint density at radius 2 is 2.05 bits per heavy atom. The molecule has 1 aliphatic rings. The van der Waals surface area contributed by atoms with E-state index in [1.54, 1.807) is 6.07 Å². The molecular weight excluding hydrogens is 302 g/mol. The van der Waals surface area contributed by atoms with Gasteiger partial charge in [-0.15, -0.1) is 0 Å². The average Bonchev–Trinajstić information content (AvgIpc) is 2.71. The Hall–Kier alpha value is -1.48. The van der Waals surface area contributed by atoms with Gasteiger partial charge >= 0.3 is 0 Å². The number of halogens is 1. The van der Waals surface area contributed by atoms with Gasteiger partial charge in [0.1, 0.15) is 5.75 Å². The van der Waals surface area contributed by atoms with Crippen LogP contribution in [-0.4, -0.2) is 11.1 Å². The highest BCUT2D eigenvalue weighted by atomic mass is 79.9. The number of rotatable bonds is 2. The van der Waals surface area contributed by atoms with Gasteiger partial charge in [0, 0.05) is 18.3 Å². The second-order valence-corrected chi connectivity index (χ2v) is 5.95. The van der Waals surface area contributed by atoms with E-state index in [4.69, 9.17) is 0 Å². The van der Waals surface area contributed by atoms with Crippen molar-refractivity contribution in [1.82, 2.24) is 0 Å². The summed E-state index contributed by atoms with van der Waals surface area (Å²) in [7, 11) is 0. The van der Waals surface area contributed by atoms with Gasteiger partial charge < -0.3 is 10.0 Å². The minimum absolute atomic E-state index is 0.290. The van der Waals surface area contributed by atoms with Gasteiger partial charge in [-0.1, -0.05) is 24.3 Å². The molecule has 98 valence electrons. The molecule has 2 aromatic rings. The van der Waals surface area contributed by atoms with E-state index in [0.29, 0.717) is 11.8 Å². The number of fused-ring (bicyclic) bond motifs is 1. The van der Waals surface area contributed by atoms with Crippen LogP contribution in [0.15, 0.2) is 46.9 Å². The van der Waals surface area contributed by atoms with Crippen molar-refractivity contribution in [1.29, 1.82) is 0 Å². The molecule has 1 heterocycles. The van der Waals surface area contributed by atoms with Gasteiger partial charge in [0.15, 0.2) is 0 Å². The molecule has 3 rings (SSSR count). The topological polar surface area (TPSA) is 23.5 Å². The summed E-state index contributed by atoms with van der Waals surface area (Å²) in [5, 5.41) is 9.55. The highest BCUT2D eigenvalue weighted by molar-refractivity contribution is 9.10. The molecule has 1 unspecified atom stereocenters. The first-order valence-corrected chi connectivity index (χ1v) is 7.26. The van der Waals surface area contributed by atoms with E-state index >= 15 is 0 Å². The molecule has 1 N–H and O–H groups in total. The number of para-hydroxylation sites is 1. The first-order chi connectivity index (χ1) is 9.15. The fourth-order valence-corrected chi connectivity index (χ4v) is 3.14. The predicted octanol–water partition coefficient (Wildman–Crippen LogP) is 4.11. The average molecular weight is 318 g/mol. The molecule has 0 radical (unpaired) electrons. The zero-order chi connectivity index (χ0) is 13.4. The number of hydrogen-bond acceptors (Lipinski definition) is 2. The van der Waals surface area contributed by atoms with Gasteiger partial charge in [-0.05, 0) is 58.6 Å². The number of nitrogens with zero attached hydrogens (tertiary/aromatic N) is 1. The lowest BCUT2D eigenvalue weighted by atomic mass is 10.1. The lowest BCUT2D eigenvalue weighted by Gasteiger charge is -2.25. The zero-order valence-electron chi connectivity index (χ0n) is 10.8. The maximum absolute atomic E-state index is 9.55. The minimum atomic E-state index is 0.290. The van der Waals surface area contributed by atoms with Gasteiger partial charge in [-0.25, -0.2) is 0 Å². The maximum atomic E-state index is 9.55. The van der Waals surface area contributed by atoms with Crippen LogP contribution in [0.4, 0.5) is 5.69 Å². The summed E-state index contributed by atoms with van der Waals surface area (Å²) >= 11 is 3.37. The summed E-state index contributed by atoms with van der Waals surface area (Å²) in [6.07, 6.45) is 1.11. The lowest BCUT2D eigenvalue weighted by Crippen LogP contribution is -2.28. The number of hydrogen-bond donors (Lipinski definition) is 1. The summed E-state index contributed by atoms with van der Waals surface area (Å²) in [6, 6.07) is 14.8. The first-order valence-electron chi connectivity index (χ1n) is 6.47. The molecule has 0 aromatic heterocycles. The summed E-state index contributed by atoms with van der Waals surface area (Å²) in [6.45, 7) is 3.13. The second-order valence-electron chi connectivity index (χ2n) is 5.10. The normalized spacial score (nSPS) is 17.6. The van der Waals surface area contributed by atoms with E-state index in [1.165, 1.54) is 16.8 Å². The second kappa shape index (κ2) is 4.89. The Bertz CT molecular complexity index is 611. The van der Waals surface area contributed by atoms with Crippen molar-refractivity contribution in [2.75, 3.05) is 4.90 Å². The highest BCUT2D eigenvalue weighted by Crippen LogP contribution is 2.34. The summed E-state index contributed by atoms with van der Waals surface area (Å²) in [5.41, 5.74) is 3.96. The number of phenolic OH excluding ortho intramolecular Hbond substituents is 1. The molecule has 0 spiro atoms. The fourth-order valence-electron chi connectivity index (χ4n) is 2.72. The van der Waals surface area contributed by atoms with Crippen LogP contribution in [0.1, 0.15) is 18.1 Å². The van der Waals surface area contributed by atoms with E-state index < -0.39 is 0 Å². The summed E-state index contributed by atoms with van der Waals surface area (Å²) < 4.78 is 0.755. The van der Waals surface area contributed by atoms with Gasteiger partial charge in [0.2, 0.25) is 0 Å². The van der Waals surface area contributed by atoms with Crippen molar-refractivity contribution < 1.29 is 5.11 Å². The quantitative estimate of drug-likeness (QED) is 0.901. The van der Waals surface area contributed by atoms with E-state index in [2.05, 4.69) is 52.0 Å². The van der Waals surface area contributed by atoms with Crippen molar-refractivity contribution in [3.05, 3.63) is 58.1 Å². The summed E-state index contributed by atoms with van der Waals surface area (Å²) in [4.78, 5) is 2.42. The van der Waals surface area contributed by atoms with E-state index in [0.717, 1.165) is 17.4 Å². The molecule has 0 aliphatic carbocycles. The molecule has 0 bridgehead atoms. The van der Waals surface area contributed by atoms with Crippen molar-refractivity contribution >= 4 is 21.6 Å². The third-order valence-corrected chi connectivity index (χ3v) is 4.35. The van der Waals surface area contributed by atoms with E-state index in [9.17, 15) is 5.11 Å². The molecule has 3 heteroatoms. The highest BCUT2D eigenvalue weighted by Gasteiger charge is 2.25. The van der Waals surface area contributed by atoms with Crippen LogP contribution in [0.2, 0.25) is 0 Å². The third-order valence-electron chi connectivity index (χ3n) is 3.71. The van der Waals surface area contributed by atoms with Crippen molar-refractivity contribution in [2.45, 2.75) is 25.9 Å². The Morgan fingerprint density at radius 1 is 1.26 bits per heavy atom. The Morgan fingerprint density at radius 3 is 2.84 bits per heavy atom. The van der Waals surface area contributed by atoms with Gasteiger partial charge in [-0.2, -0.15) is 0 Å². The van der Waals surface area contributed by atoms with Gasteiger partial charge in [0.25, 0.3) is 0 Å². The predicted molar refractivity (Wildman–Crippen MR) is 81.6 cm³/mol. The number of anilines is 1. The van der Waals surface area contributed by atoms with Crippen LogP contribution >= 0.6 is 15.9 Å². The monoisotopic (exact) mass is 317 g/mol. The number of aromatic hydroxyl groups is 1. The van der Waals surface area contributed by atoms with Crippen LogP contribution in [0.3, 0.4) is 0 Å². The Labute approximate surface area is 121 Å².